The van der Waals surface area contributed by atoms with E-state index in [1.807, 2.05) is 11.7 Å². The second kappa shape index (κ2) is 5.66. The minimum atomic E-state index is 0.364. The van der Waals surface area contributed by atoms with Gasteiger partial charge < -0.3 is 4.57 Å². The average Bonchev–Trinajstić information content (AvgIpc) is 3.18. The number of benzene rings is 1. The Balaban J connectivity index is 1.70. The molecule has 0 amide bonds. The van der Waals surface area contributed by atoms with Gasteiger partial charge in [0.1, 0.15) is 5.82 Å². The molecule has 1 atom stereocenters. The predicted octanol–water partition coefficient (Wildman–Crippen LogP) is 3.41. The molecule has 3 aromatic rings. The number of fused-ring (bicyclic) bond motifs is 1. The van der Waals surface area contributed by atoms with Crippen LogP contribution in [0.4, 0.5) is 0 Å². The highest BCUT2D eigenvalue weighted by atomic mass is 32.1. The normalized spacial score (nSPS) is 18.3. The van der Waals surface area contributed by atoms with Crippen LogP contribution in [0.5, 0.6) is 0 Å². The van der Waals surface area contributed by atoms with Crippen molar-refractivity contribution in [1.29, 1.82) is 0 Å². The van der Waals surface area contributed by atoms with Crippen molar-refractivity contribution < 1.29 is 0 Å². The van der Waals surface area contributed by atoms with Gasteiger partial charge in [0, 0.05) is 30.4 Å². The first-order chi connectivity index (χ1) is 10.8. The Morgan fingerprint density at radius 2 is 2.09 bits per heavy atom. The van der Waals surface area contributed by atoms with E-state index in [0.29, 0.717) is 6.04 Å². The molecule has 0 saturated heterocycles. The highest BCUT2D eigenvalue weighted by Crippen LogP contribution is 2.31. The second-order valence-electron chi connectivity index (χ2n) is 5.74. The van der Waals surface area contributed by atoms with Crippen LogP contribution >= 0.6 is 11.3 Å². The number of hydrogen-bond acceptors (Lipinski definition) is 4. The van der Waals surface area contributed by atoms with Gasteiger partial charge in [0.2, 0.25) is 0 Å². The zero-order valence-electron chi connectivity index (χ0n) is 12.5. The Morgan fingerprint density at radius 3 is 2.86 bits per heavy atom. The van der Waals surface area contributed by atoms with Crippen LogP contribution < -0.4 is 0 Å². The molecule has 0 bridgehead atoms. The van der Waals surface area contributed by atoms with Gasteiger partial charge in [-0.3, -0.25) is 4.90 Å². The van der Waals surface area contributed by atoms with Crippen LogP contribution in [0.15, 0.2) is 47.4 Å². The highest BCUT2D eigenvalue weighted by Gasteiger charge is 2.29. The average molecular weight is 310 g/mol. The van der Waals surface area contributed by atoms with Gasteiger partial charge >= 0.3 is 0 Å². The monoisotopic (exact) mass is 310 g/mol. The number of nitrogens with zero attached hydrogens (tertiary/aromatic N) is 4. The molecule has 0 fully saturated rings. The van der Waals surface area contributed by atoms with Crippen molar-refractivity contribution in [2.45, 2.75) is 32.6 Å². The van der Waals surface area contributed by atoms with E-state index in [1.165, 1.54) is 11.3 Å². The summed E-state index contributed by atoms with van der Waals surface area (Å²) >= 11 is 1.66. The van der Waals surface area contributed by atoms with Crippen molar-refractivity contribution in [3.8, 4) is 0 Å². The topological polar surface area (TPSA) is 34.0 Å². The third kappa shape index (κ3) is 2.46. The predicted molar refractivity (Wildman–Crippen MR) is 87.5 cm³/mol. The molecule has 4 rings (SSSR count). The molecule has 0 radical (unpaired) electrons. The van der Waals surface area contributed by atoms with Crippen molar-refractivity contribution in [1.82, 2.24) is 19.4 Å². The minimum absolute atomic E-state index is 0.364. The summed E-state index contributed by atoms with van der Waals surface area (Å²) in [6.07, 6.45) is 1.98. The van der Waals surface area contributed by atoms with Crippen LogP contribution in [-0.2, 0) is 19.6 Å². The molecule has 1 unspecified atom stereocenters. The summed E-state index contributed by atoms with van der Waals surface area (Å²) in [7, 11) is 0. The van der Waals surface area contributed by atoms with E-state index in [1.54, 1.807) is 11.3 Å². The van der Waals surface area contributed by atoms with Crippen molar-refractivity contribution in [2.24, 2.45) is 0 Å². The first-order valence-corrected chi connectivity index (χ1v) is 8.42. The van der Waals surface area contributed by atoms with Gasteiger partial charge in [-0.2, -0.15) is 0 Å². The minimum Gasteiger partial charge on any atom is -0.329 e. The van der Waals surface area contributed by atoms with Crippen molar-refractivity contribution >= 4 is 11.3 Å². The molecule has 4 nitrogen and oxygen atoms in total. The largest absolute Gasteiger partial charge is 0.329 e. The lowest BCUT2D eigenvalue weighted by Gasteiger charge is -2.36. The molecule has 5 heteroatoms. The molecule has 1 aliphatic heterocycles. The molecular weight excluding hydrogens is 292 g/mol. The number of thiazole rings is 1. The van der Waals surface area contributed by atoms with Gasteiger partial charge in [-0.1, -0.05) is 30.3 Å². The molecule has 3 heterocycles. The smallest absolute Gasteiger partial charge is 0.123 e. The van der Waals surface area contributed by atoms with Gasteiger partial charge in [0.15, 0.2) is 0 Å². The van der Waals surface area contributed by atoms with E-state index in [0.717, 1.165) is 31.2 Å². The fourth-order valence-corrected chi connectivity index (χ4v) is 3.70. The highest BCUT2D eigenvalue weighted by molar-refractivity contribution is 7.07. The quantitative estimate of drug-likeness (QED) is 0.743. The molecule has 1 aliphatic rings. The first kappa shape index (κ1) is 13.7. The van der Waals surface area contributed by atoms with Crippen molar-refractivity contribution in [2.75, 3.05) is 0 Å². The Morgan fingerprint density at radius 1 is 1.23 bits per heavy atom. The summed E-state index contributed by atoms with van der Waals surface area (Å²) in [5.41, 5.74) is 5.64. The third-order valence-corrected chi connectivity index (χ3v) is 4.95. The van der Waals surface area contributed by atoms with Crippen LogP contribution in [0.2, 0.25) is 0 Å². The lowest BCUT2D eigenvalue weighted by atomic mass is 10.0. The SMILES string of the molecule is Cc1cnc2n1CC(c1ccccc1)N(Cc1cscn1)C2. The van der Waals surface area contributed by atoms with Crippen LogP contribution in [-0.4, -0.2) is 19.4 Å². The molecule has 0 N–H and O–H groups in total. The van der Waals surface area contributed by atoms with Crippen LogP contribution in [0.1, 0.15) is 28.8 Å². The lowest BCUT2D eigenvalue weighted by molar-refractivity contribution is 0.126. The maximum Gasteiger partial charge on any atom is 0.123 e. The molecule has 22 heavy (non-hydrogen) atoms. The summed E-state index contributed by atoms with van der Waals surface area (Å²) in [6, 6.07) is 11.1. The molecule has 2 aromatic heterocycles. The second-order valence-corrected chi connectivity index (χ2v) is 6.46. The zero-order chi connectivity index (χ0) is 14.9. The van der Waals surface area contributed by atoms with Gasteiger partial charge in [0.05, 0.1) is 23.8 Å². The third-order valence-electron chi connectivity index (χ3n) is 4.31. The Kier molecular flexibility index (Phi) is 3.52. The maximum atomic E-state index is 4.57. The fourth-order valence-electron chi connectivity index (χ4n) is 3.15. The van der Waals surface area contributed by atoms with Gasteiger partial charge in [-0.25, -0.2) is 9.97 Å². The molecule has 112 valence electrons. The summed E-state index contributed by atoms with van der Waals surface area (Å²) in [5.74, 6) is 1.15. The summed E-state index contributed by atoms with van der Waals surface area (Å²) in [4.78, 5) is 11.5. The number of imidazole rings is 1. The van der Waals surface area contributed by atoms with E-state index < -0.39 is 0 Å². The number of aryl methyl sites for hydroxylation is 1. The molecular formula is C17H18N4S. The maximum absolute atomic E-state index is 4.57. The van der Waals surface area contributed by atoms with Gasteiger partial charge in [-0.15, -0.1) is 11.3 Å². The first-order valence-electron chi connectivity index (χ1n) is 7.48. The van der Waals surface area contributed by atoms with Crippen LogP contribution in [0.25, 0.3) is 0 Å². The van der Waals surface area contributed by atoms with Crippen LogP contribution in [0, 0.1) is 6.92 Å². The van der Waals surface area contributed by atoms with E-state index in [4.69, 9.17) is 0 Å². The fraction of sp³-hybridized carbons (Fsp3) is 0.294. The van der Waals surface area contributed by atoms with E-state index in [-0.39, 0.29) is 0 Å². The van der Waals surface area contributed by atoms with Crippen molar-refractivity contribution in [3.05, 3.63) is 70.2 Å². The summed E-state index contributed by atoms with van der Waals surface area (Å²) < 4.78 is 2.34. The number of rotatable bonds is 3. The van der Waals surface area contributed by atoms with E-state index in [9.17, 15) is 0 Å². The van der Waals surface area contributed by atoms with E-state index in [2.05, 4.69) is 62.1 Å². The molecule has 0 saturated carbocycles. The van der Waals surface area contributed by atoms with Gasteiger partial charge in [0.25, 0.3) is 0 Å². The Labute approximate surface area is 134 Å². The molecule has 0 spiro atoms. The zero-order valence-corrected chi connectivity index (χ0v) is 13.3. The Bertz CT molecular complexity index is 748. The number of aromatic nitrogens is 3. The lowest BCUT2D eigenvalue weighted by Crippen LogP contribution is -2.37. The van der Waals surface area contributed by atoms with Crippen molar-refractivity contribution in [3.63, 3.8) is 0 Å². The number of hydrogen-bond donors (Lipinski definition) is 0. The molecule has 0 aliphatic carbocycles. The molecule has 1 aromatic carbocycles. The standard InChI is InChI=1S/C17H18N4S/c1-13-7-18-17-10-20(8-15-11-22-12-19-15)16(9-21(13)17)14-5-3-2-4-6-14/h2-7,11-12,16H,8-10H2,1H3. The Hall–Kier alpha value is -1.98. The van der Waals surface area contributed by atoms with Crippen LogP contribution in [0.3, 0.4) is 0 Å². The summed E-state index contributed by atoms with van der Waals surface area (Å²) in [6.45, 7) is 4.82. The van der Waals surface area contributed by atoms with Gasteiger partial charge in [-0.05, 0) is 12.5 Å². The van der Waals surface area contributed by atoms with E-state index >= 15 is 0 Å². The summed E-state index contributed by atoms with van der Waals surface area (Å²) in [5, 5.41) is 2.13.